The molecule has 0 aliphatic carbocycles. The number of rotatable bonds is 2. The maximum atomic E-state index is 4.70. The summed E-state index contributed by atoms with van der Waals surface area (Å²) in [4.78, 5) is 4.70. The highest BCUT2D eigenvalue weighted by atomic mass is 79.9. The van der Waals surface area contributed by atoms with Gasteiger partial charge < -0.3 is 9.88 Å². The smallest absolute Gasteiger partial charge is 0.109 e. The zero-order valence-corrected chi connectivity index (χ0v) is 10.8. The van der Waals surface area contributed by atoms with Crippen LogP contribution in [0.5, 0.6) is 0 Å². The number of aryl methyl sites for hydroxylation is 1. The zero-order chi connectivity index (χ0) is 11.1. The van der Waals surface area contributed by atoms with E-state index in [1.165, 1.54) is 11.3 Å². The van der Waals surface area contributed by atoms with Crippen LogP contribution in [0.15, 0.2) is 22.7 Å². The lowest BCUT2D eigenvalue weighted by Crippen LogP contribution is -2.43. The van der Waals surface area contributed by atoms with E-state index in [2.05, 4.69) is 51.1 Å². The summed E-state index contributed by atoms with van der Waals surface area (Å²) in [5.74, 6) is 1.96. The SMILES string of the molecule is Cn1c(CC2CNC2)nc2cc(Br)ccc21. The molecule has 84 valence electrons. The Balaban J connectivity index is 2.00. The highest BCUT2D eigenvalue weighted by molar-refractivity contribution is 9.10. The fraction of sp³-hybridized carbons (Fsp3) is 0.417. The van der Waals surface area contributed by atoms with E-state index >= 15 is 0 Å². The summed E-state index contributed by atoms with van der Waals surface area (Å²) in [6.45, 7) is 2.26. The Morgan fingerprint density at radius 1 is 1.50 bits per heavy atom. The van der Waals surface area contributed by atoms with E-state index in [1.54, 1.807) is 0 Å². The van der Waals surface area contributed by atoms with Crippen molar-refractivity contribution in [2.45, 2.75) is 6.42 Å². The monoisotopic (exact) mass is 279 g/mol. The third-order valence-corrected chi connectivity index (χ3v) is 3.77. The summed E-state index contributed by atoms with van der Waals surface area (Å²) in [6, 6.07) is 6.27. The molecule has 2 aromatic rings. The van der Waals surface area contributed by atoms with Gasteiger partial charge in [0, 0.05) is 17.9 Å². The van der Waals surface area contributed by atoms with Crippen LogP contribution in [-0.4, -0.2) is 22.6 Å². The minimum atomic E-state index is 0.763. The van der Waals surface area contributed by atoms with Gasteiger partial charge in [-0.3, -0.25) is 0 Å². The Morgan fingerprint density at radius 3 is 3.00 bits per heavy atom. The van der Waals surface area contributed by atoms with E-state index in [9.17, 15) is 0 Å². The third-order valence-electron chi connectivity index (χ3n) is 3.27. The molecule has 0 spiro atoms. The van der Waals surface area contributed by atoms with Gasteiger partial charge in [-0.2, -0.15) is 0 Å². The fourth-order valence-electron chi connectivity index (χ4n) is 2.16. The molecule has 4 heteroatoms. The molecule has 0 unspecified atom stereocenters. The maximum absolute atomic E-state index is 4.70. The van der Waals surface area contributed by atoms with Gasteiger partial charge in [0.1, 0.15) is 5.82 Å². The van der Waals surface area contributed by atoms with Crippen molar-refractivity contribution in [1.29, 1.82) is 0 Å². The number of imidazole rings is 1. The molecular formula is C12H14BrN3. The largest absolute Gasteiger partial charge is 0.331 e. The molecule has 1 fully saturated rings. The fourth-order valence-corrected chi connectivity index (χ4v) is 2.51. The van der Waals surface area contributed by atoms with E-state index < -0.39 is 0 Å². The molecular weight excluding hydrogens is 266 g/mol. The predicted octanol–water partition coefficient (Wildman–Crippen LogP) is 2.10. The van der Waals surface area contributed by atoms with Crippen LogP contribution in [0.25, 0.3) is 11.0 Å². The van der Waals surface area contributed by atoms with Crippen molar-refractivity contribution in [3.8, 4) is 0 Å². The van der Waals surface area contributed by atoms with Crippen molar-refractivity contribution in [1.82, 2.24) is 14.9 Å². The average Bonchev–Trinajstić information content (AvgIpc) is 2.49. The van der Waals surface area contributed by atoms with E-state index in [0.29, 0.717) is 0 Å². The molecule has 1 aliphatic rings. The molecule has 0 bridgehead atoms. The van der Waals surface area contributed by atoms with Gasteiger partial charge in [-0.1, -0.05) is 15.9 Å². The molecule has 2 heterocycles. The van der Waals surface area contributed by atoms with Crippen molar-refractivity contribution in [2.75, 3.05) is 13.1 Å². The van der Waals surface area contributed by atoms with Gasteiger partial charge in [0.2, 0.25) is 0 Å². The van der Waals surface area contributed by atoms with Crippen LogP contribution < -0.4 is 5.32 Å². The number of aromatic nitrogens is 2. The third kappa shape index (κ3) is 1.66. The number of benzene rings is 1. The summed E-state index contributed by atoms with van der Waals surface area (Å²) < 4.78 is 3.30. The first-order valence-electron chi connectivity index (χ1n) is 5.55. The summed E-state index contributed by atoms with van der Waals surface area (Å²) in [5.41, 5.74) is 2.30. The number of hydrogen-bond acceptors (Lipinski definition) is 2. The number of nitrogens with zero attached hydrogens (tertiary/aromatic N) is 2. The van der Waals surface area contributed by atoms with Gasteiger partial charge in [0.05, 0.1) is 11.0 Å². The van der Waals surface area contributed by atoms with Gasteiger partial charge >= 0.3 is 0 Å². The number of nitrogens with one attached hydrogen (secondary N) is 1. The van der Waals surface area contributed by atoms with Gasteiger partial charge in [0.25, 0.3) is 0 Å². The number of hydrogen-bond donors (Lipinski definition) is 1. The molecule has 0 radical (unpaired) electrons. The Morgan fingerprint density at radius 2 is 2.31 bits per heavy atom. The molecule has 1 N–H and O–H groups in total. The van der Waals surface area contributed by atoms with Crippen LogP contribution >= 0.6 is 15.9 Å². The Hall–Kier alpha value is -0.870. The van der Waals surface area contributed by atoms with Crippen molar-refractivity contribution in [2.24, 2.45) is 13.0 Å². The lowest BCUT2D eigenvalue weighted by Gasteiger charge is -2.26. The van der Waals surface area contributed by atoms with E-state index in [4.69, 9.17) is 4.98 Å². The molecule has 1 saturated heterocycles. The lowest BCUT2D eigenvalue weighted by molar-refractivity contribution is 0.339. The Bertz CT molecular complexity index is 528. The van der Waals surface area contributed by atoms with E-state index in [1.807, 2.05) is 0 Å². The van der Waals surface area contributed by atoms with Crippen LogP contribution in [0.2, 0.25) is 0 Å². The Kier molecular flexibility index (Phi) is 2.48. The summed E-state index contributed by atoms with van der Waals surface area (Å²) in [5, 5.41) is 3.30. The first-order chi connectivity index (χ1) is 7.74. The molecule has 0 amide bonds. The summed E-state index contributed by atoms with van der Waals surface area (Å²) in [6.07, 6.45) is 1.08. The summed E-state index contributed by atoms with van der Waals surface area (Å²) >= 11 is 3.48. The highest BCUT2D eigenvalue weighted by Crippen LogP contribution is 2.21. The molecule has 16 heavy (non-hydrogen) atoms. The van der Waals surface area contributed by atoms with E-state index in [0.717, 1.165) is 35.4 Å². The normalized spacial score (nSPS) is 16.6. The number of halogens is 1. The average molecular weight is 280 g/mol. The topological polar surface area (TPSA) is 29.9 Å². The van der Waals surface area contributed by atoms with Crippen molar-refractivity contribution < 1.29 is 0 Å². The van der Waals surface area contributed by atoms with Crippen LogP contribution in [0, 0.1) is 5.92 Å². The quantitative estimate of drug-likeness (QED) is 0.913. The first kappa shape index (κ1) is 10.3. The maximum Gasteiger partial charge on any atom is 0.109 e. The molecule has 1 aromatic heterocycles. The minimum Gasteiger partial charge on any atom is -0.331 e. The van der Waals surface area contributed by atoms with Crippen molar-refractivity contribution in [3.05, 3.63) is 28.5 Å². The van der Waals surface area contributed by atoms with E-state index in [-0.39, 0.29) is 0 Å². The van der Waals surface area contributed by atoms with Crippen LogP contribution in [-0.2, 0) is 13.5 Å². The second kappa shape index (κ2) is 3.86. The van der Waals surface area contributed by atoms with Crippen molar-refractivity contribution >= 4 is 27.0 Å². The predicted molar refractivity (Wildman–Crippen MR) is 68.5 cm³/mol. The van der Waals surface area contributed by atoms with Crippen molar-refractivity contribution in [3.63, 3.8) is 0 Å². The lowest BCUT2D eigenvalue weighted by atomic mass is 9.99. The molecule has 0 atom stereocenters. The minimum absolute atomic E-state index is 0.763. The Labute approximate surface area is 103 Å². The first-order valence-corrected chi connectivity index (χ1v) is 6.35. The van der Waals surface area contributed by atoms with Gasteiger partial charge in [0.15, 0.2) is 0 Å². The van der Waals surface area contributed by atoms with Gasteiger partial charge in [-0.25, -0.2) is 4.98 Å². The molecule has 1 aliphatic heterocycles. The second-order valence-electron chi connectivity index (χ2n) is 4.45. The highest BCUT2D eigenvalue weighted by Gasteiger charge is 2.20. The molecule has 3 nitrogen and oxygen atoms in total. The van der Waals surface area contributed by atoms with Crippen LogP contribution in [0.1, 0.15) is 5.82 Å². The van der Waals surface area contributed by atoms with Gasteiger partial charge in [-0.05, 0) is 37.2 Å². The number of fused-ring (bicyclic) bond motifs is 1. The zero-order valence-electron chi connectivity index (χ0n) is 9.20. The van der Waals surface area contributed by atoms with Crippen LogP contribution in [0.3, 0.4) is 0 Å². The molecule has 3 rings (SSSR count). The summed E-state index contributed by atoms with van der Waals surface area (Å²) in [7, 11) is 2.10. The molecule has 1 aromatic carbocycles. The standard InChI is InChI=1S/C12H14BrN3/c1-16-11-3-2-9(13)5-10(11)15-12(16)4-8-6-14-7-8/h2-3,5,8,14H,4,6-7H2,1H3. The second-order valence-corrected chi connectivity index (χ2v) is 5.36. The van der Waals surface area contributed by atoms with Crippen LogP contribution in [0.4, 0.5) is 0 Å². The molecule has 0 saturated carbocycles. The van der Waals surface area contributed by atoms with Gasteiger partial charge in [-0.15, -0.1) is 0 Å².